The summed E-state index contributed by atoms with van der Waals surface area (Å²) in [6.07, 6.45) is 0. The third kappa shape index (κ3) is 4.83. The zero-order valence-corrected chi connectivity index (χ0v) is 14.5. The Kier molecular flexibility index (Phi) is 5.84. The molecule has 0 aliphatic carbocycles. The molecule has 0 saturated carbocycles. The molecular weight excluding hydrogens is 431 g/mol. The molecular formula is C14H10Br2ClF2NO. The molecule has 0 radical (unpaired) electrons. The minimum Gasteiger partial charge on any atom is -0.431 e. The van der Waals surface area contributed by atoms with Crippen molar-refractivity contribution in [3.05, 3.63) is 55.9 Å². The van der Waals surface area contributed by atoms with Gasteiger partial charge in [0, 0.05) is 16.0 Å². The first-order valence-electron chi connectivity index (χ1n) is 5.88. The Labute approximate surface area is 142 Å². The lowest BCUT2D eigenvalue weighted by Crippen LogP contribution is -2.07. The third-order valence-electron chi connectivity index (χ3n) is 2.59. The Hall–Kier alpha value is -0.850. The Morgan fingerprint density at radius 2 is 1.95 bits per heavy atom. The van der Waals surface area contributed by atoms with Crippen molar-refractivity contribution in [2.75, 3.05) is 5.32 Å². The van der Waals surface area contributed by atoms with Crippen LogP contribution >= 0.6 is 43.5 Å². The van der Waals surface area contributed by atoms with E-state index in [1.165, 1.54) is 6.07 Å². The fourth-order valence-corrected chi connectivity index (χ4v) is 3.10. The van der Waals surface area contributed by atoms with E-state index in [0.29, 0.717) is 21.7 Å². The number of halogens is 5. The number of benzene rings is 2. The first-order valence-corrected chi connectivity index (χ1v) is 7.84. The van der Waals surface area contributed by atoms with Crippen molar-refractivity contribution >= 4 is 49.1 Å². The second kappa shape index (κ2) is 7.42. The van der Waals surface area contributed by atoms with Crippen molar-refractivity contribution < 1.29 is 13.5 Å². The maximum absolute atomic E-state index is 12.5. The van der Waals surface area contributed by atoms with Crippen LogP contribution in [0.5, 0.6) is 5.75 Å². The van der Waals surface area contributed by atoms with Crippen molar-refractivity contribution in [3.63, 3.8) is 0 Å². The predicted octanol–water partition coefficient (Wildman–Crippen LogP) is 6.08. The summed E-state index contributed by atoms with van der Waals surface area (Å²) in [7, 11) is 0. The van der Waals surface area contributed by atoms with Crippen molar-refractivity contribution in [1.82, 2.24) is 0 Å². The smallest absolute Gasteiger partial charge is 0.387 e. The van der Waals surface area contributed by atoms with Crippen molar-refractivity contribution in [1.29, 1.82) is 0 Å². The zero-order valence-electron chi connectivity index (χ0n) is 10.5. The normalized spacial score (nSPS) is 10.8. The lowest BCUT2D eigenvalue weighted by molar-refractivity contribution is -0.0498. The summed E-state index contributed by atoms with van der Waals surface area (Å²) in [5, 5.41) is 3.47. The summed E-state index contributed by atoms with van der Waals surface area (Å²) in [6.45, 7) is -2.46. The van der Waals surface area contributed by atoms with Gasteiger partial charge in [-0.25, -0.2) is 0 Å². The van der Waals surface area contributed by atoms with Crippen molar-refractivity contribution in [2.24, 2.45) is 0 Å². The Morgan fingerprint density at radius 3 is 2.62 bits per heavy atom. The molecule has 0 amide bonds. The van der Waals surface area contributed by atoms with Crippen molar-refractivity contribution in [2.45, 2.75) is 13.2 Å². The largest absolute Gasteiger partial charge is 0.431 e. The van der Waals surface area contributed by atoms with Crippen LogP contribution in [-0.4, -0.2) is 6.61 Å². The van der Waals surface area contributed by atoms with Gasteiger partial charge in [0.1, 0.15) is 0 Å². The van der Waals surface area contributed by atoms with E-state index in [4.69, 9.17) is 11.6 Å². The van der Waals surface area contributed by atoms with Gasteiger partial charge < -0.3 is 10.1 Å². The van der Waals surface area contributed by atoms with E-state index in [2.05, 4.69) is 41.9 Å². The van der Waals surface area contributed by atoms with E-state index in [0.717, 1.165) is 10.0 Å². The SMILES string of the molecule is FC(F)Oc1c(Br)cc(Cl)cc1NCc1cccc(Br)c1. The van der Waals surface area contributed by atoms with Gasteiger partial charge in [-0.1, -0.05) is 39.7 Å². The van der Waals surface area contributed by atoms with Crippen LogP contribution in [0.3, 0.4) is 0 Å². The van der Waals surface area contributed by atoms with E-state index in [1.807, 2.05) is 24.3 Å². The van der Waals surface area contributed by atoms with Crippen LogP contribution in [0.4, 0.5) is 14.5 Å². The standard InChI is InChI=1S/C14H10Br2ClF2NO/c15-9-3-1-2-8(4-9)7-20-12-6-10(17)5-11(16)13(12)21-14(18)19/h1-6,14,20H,7H2. The van der Waals surface area contributed by atoms with Crippen LogP contribution in [-0.2, 0) is 6.54 Å². The summed E-state index contributed by atoms with van der Waals surface area (Å²) < 4.78 is 30.8. The van der Waals surface area contributed by atoms with Gasteiger partial charge in [0.15, 0.2) is 5.75 Å². The summed E-state index contributed by atoms with van der Waals surface area (Å²) in [6, 6.07) is 10.7. The number of alkyl halides is 2. The van der Waals surface area contributed by atoms with Gasteiger partial charge >= 0.3 is 6.61 Å². The van der Waals surface area contributed by atoms with Gasteiger partial charge in [-0.05, 0) is 45.8 Å². The molecule has 112 valence electrons. The fourth-order valence-electron chi connectivity index (χ4n) is 1.74. The molecule has 0 heterocycles. The average Bonchev–Trinajstić information content (AvgIpc) is 2.39. The highest BCUT2D eigenvalue weighted by Gasteiger charge is 2.14. The molecule has 2 rings (SSSR count). The molecule has 0 aliphatic heterocycles. The van der Waals surface area contributed by atoms with E-state index < -0.39 is 6.61 Å². The fraction of sp³-hybridized carbons (Fsp3) is 0.143. The molecule has 7 heteroatoms. The molecule has 0 aliphatic rings. The number of hydrogen-bond acceptors (Lipinski definition) is 2. The van der Waals surface area contributed by atoms with Crippen molar-refractivity contribution in [3.8, 4) is 5.75 Å². The average molecular weight is 441 g/mol. The monoisotopic (exact) mass is 439 g/mol. The molecule has 0 unspecified atom stereocenters. The minimum absolute atomic E-state index is 0.0318. The van der Waals surface area contributed by atoms with Crippen LogP contribution in [0.15, 0.2) is 45.3 Å². The summed E-state index contributed by atoms with van der Waals surface area (Å²) >= 11 is 12.5. The number of anilines is 1. The maximum atomic E-state index is 12.5. The first kappa shape index (κ1) is 16.5. The zero-order chi connectivity index (χ0) is 15.4. The number of rotatable bonds is 5. The van der Waals surface area contributed by atoms with Crippen LogP contribution in [0.2, 0.25) is 5.02 Å². The summed E-state index contributed by atoms with van der Waals surface area (Å²) in [4.78, 5) is 0. The number of ether oxygens (including phenoxy) is 1. The summed E-state index contributed by atoms with van der Waals surface area (Å²) in [5.41, 5.74) is 1.39. The van der Waals surface area contributed by atoms with Gasteiger partial charge in [-0.2, -0.15) is 8.78 Å². The van der Waals surface area contributed by atoms with Gasteiger partial charge in [0.2, 0.25) is 0 Å². The van der Waals surface area contributed by atoms with Crippen LogP contribution < -0.4 is 10.1 Å². The van der Waals surface area contributed by atoms with Crippen LogP contribution in [0.1, 0.15) is 5.56 Å². The quantitative estimate of drug-likeness (QED) is 0.607. The molecule has 0 saturated heterocycles. The molecule has 0 spiro atoms. The van der Waals surface area contributed by atoms with Gasteiger partial charge in [0.25, 0.3) is 0 Å². The highest BCUT2D eigenvalue weighted by molar-refractivity contribution is 9.10. The minimum atomic E-state index is -2.91. The van der Waals surface area contributed by atoms with E-state index in [-0.39, 0.29) is 5.75 Å². The topological polar surface area (TPSA) is 21.3 Å². The first-order chi connectivity index (χ1) is 9.95. The highest BCUT2D eigenvalue weighted by Crippen LogP contribution is 2.37. The summed E-state index contributed by atoms with van der Waals surface area (Å²) in [5.74, 6) is 0.0318. The third-order valence-corrected chi connectivity index (χ3v) is 3.89. The van der Waals surface area contributed by atoms with Gasteiger partial charge in [0.05, 0.1) is 10.2 Å². The Morgan fingerprint density at radius 1 is 1.19 bits per heavy atom. The van der Waals surface area contributed by atoms with E-state index in [9.17, 15) is 8.78 Å². The highest BCUT2D eigenvalue weighted by atomic mass is 79.9. The molecule has 0 bridgehead atoms. The van der Waals surface area contributed by atoms with Gasteiger partial charge in [-0.3, -0.25) is 0 Å². The molecule has 0 atom stereocenters. The molecule has 2 aromatic rings. The Bertz CT molecular complexity index is 640. The second-order valence-electron chi connectivity index (χ2n) is 4.13. The molecule has 1 N–H and O–H groups in total. The van der Waals surface area contributed by atoms with E-state index in [1.54, 1.807) is 6.07 Å². The lowest BCUT2D eigenvalue weighted by Gasteiger charge is -2.15. The number of hydrogen-bond donors (Lipinski definition) is 1. The molecule has 0 fully saturated rings. The van der Waals surface area contributed by atoms with Crippen LogP contribution in [0.25, 0.3) is 0 Å². The Balaban J connectivity index is 2.22. The molecule has 21 heavy (non-hydrogen) atoms. The van der Waals surface area contributed by atoms with Crippen LogP contribution in [0, 0.1) is 0 Å². The molecule has 2 nitrogen and oxygen atoms in total. The molecule has 2 aromatic carbocycles. The lowest BCUT2D eigenvalue weighted by atomic mass is 10.2. The van der Waals surface area contributed by atoms with Gasteiger partial charge in [-0.15, -0.1) is 0 Å². The molecule has 0 aromatic heterocycles. The van der Waals surface area contributed by atoms with E-state index >= 15 is 0 Å². The number of nitrogens with one attached hydrogen (secondary N) is 1. The maximum Gasteiger partial charge on any atom is 0.387 e. The second-order valence-corrected chi connectivity index (χ2v) is 6.33. The predicted molar refractivity (Wildman–Crippen MR) is 87.3 cm³/mol.